The molecule has 0 aliphatic heterocycles. The number of nitrogens with zero attached hydrogens (tertiary/aromatic N) is 1. The van der Waals surface area contributed by atoms with Crippen LogP contribution in [0.1, 0.15) is 52.2 Å². The Morgan fingerprint density at radius 1 is 1.48 bits per heavy atom. The molecule has 1 fully saturated rings. The van der Waals surface area contributed by atoms with Crippen molar-refractivity contribution in [2.45, 2.75) is 63.3 Å². The molecule has 1 aromatic rings. The lowest BCUT2D eigenvalue weighted by molar-refractivity contribution is 0.0436. The summed E-state index contributed by atoms with van der Waals surface area (Å²) in [4.78, 5) is 4.53. The lowest BCUT2D eigenvalue weighted by Gasteiger charge is -2.30. The third-order valence-electron chi connectivity index (χ3n) is 4.56. The molecule has 0 amide bonds. The fourth-order valence-electron chi connectivity index (χ4n) is 3.16. The van der Waals surface area contributed by atoms with Crippen LogP contribution in [0.5, 0.6) is 0 Å². The van der Waals surface area contributed by atoms with Gasteiger partial charge in [0.15, 0.2) is 5.96 Å². The van der Waals surface area contributed by atoms with E-state index in [0.29, 0.717) is 11.7 Å². The number of aliphatic imine (C=N–C) groups is 1. The van der Waals surface area contributed by atoms with E-state index in [1.165, 1.54) is 0 Å². The summed E-state index contributed by atoms with van der Waals surface area (Å²) in [6.45, 7) is 6.63. The molecule has 4 unspecified atom stereocenters. The smallest absolute Gasteiger partial charge is 0.191 e. The largest absolute Gasteiger partial charge is 0.466 e. The summed E-state index contributed by atoms with van der Waals surface area (Å²) in [6.07, 6.45) is 5.62. The Kier molecular flexibility index (Phi) is 7.50. The zero-order valence-corrected chi connectivity index (χ0v) is 16.3. The van der Waals surface area contributed by atoms with E-state index in [2.05, 4.69) is 15.6 Å². The molecule has 25 heavy (non-hydrogen) atoms. The van der Waals surface area contributed by atoms with E-state index in [9.17, 15) is 9.32 Å². The topological polar surface area (TPSA) is 86.9 Å². The number of guanidine groups is 1. The predicted octanol–water partition coefficient (Wildman–Crippen LogP) is 2.12. The monoisotopic (exact) mass is 369 g/mol. The molecule has 0 aromatic carbocycles. The van der Waals surface area contributed by atoms with Crippen molar-refractivity contribution in [1.82, 2.24) is 10.6 Å². The summed E-state index contributed by atoms with van der Waals surface area (Å²) in [5, 5.41) is 17.5. The molecule has 0 radical (unpaired) electrons. The fraction of sp³-hybridized carbons (Fsp3) is 0.722. The van der Waals surface area contributed by atoms with E-state index in [0.717, 1.165) is 38.0 Å². The summed E-state index contributed by atoms with van der Waals surface area (Å²) in [5.41, 5.74) is -1.15. The first-order chi connectivity index (χ1) is 12.0. The Bertz CT molecular complexity index is 572. The second-order valence-electron chi connectivity index (χ2n) is 6.75. The second kappa shape index (κ2) is 9.38. The first-order valence-corrected chi connectivity index (χ1v) is 10.5. The average molecular weight is 370 g/mol. The van der Waals surface area contributed by atoms with E-state index in [4.69, 9.17) is 4.42 Å². The molecule has 3 N–H and O–H groups in total. The Labute approximate surface area is 152 Å². The molecule has 6 nitrogen and oxygen atoms in total. The highest BCUT2D eigenvalue weighted by atomic mass is 32.2. The summed E-state index contributed by atoms with van der Waals surface area (Å²) in [5.74, 6) is 1.91. The highest BCUT2D eigenvalue weighted by molar-refractivity contribution is 7.85. The van der Waals surface area contributed by atoms with Gasteiger partial charge in [0, 0.05) is 34.4 Å². The van der Waals surface area contributed by atoms with Crippen LogP contribution in [0, 0.1) is 0 Å². The van der Waals surface area contributed by atoms with Gasteiger partial charge in [0.05, 0.1) is 12.8 Å². The standard InChI is InChI=1S/C18H31N3O3S/c1-4-19-17(20-13-18(3,22)16-10-7-11-24-16)21-14-8-6-9-15(12-14)25(23)5-2/h7,10-11,14-15,22H,4-6,8-9,12-13H2,1-3H3,(H2,19,20,21). The van der Waals surface area contributed by atoms with Crippen LogP contribution < -0.4 is 10.6 Å². The second-order valence-corrected chi connectivity index (χ2v) is 8.75. The van der Waals surface area contributed by atoms with Crippen molar-refractivity contribution in [2.75, 3.05) is 18.8 Å². The van der Waals surface area contributed by atoms with Crippen LogP contribution >= 0.6 is 0 Å². The first kappa shape index (κ1) is 20.0. The van der Waals surface area contributed by atoms with Crippen molar-refractivity contribution in [1.29, 1.82) is 0 Å². The number of furan rings is 1. The zero-order chi connectivity index (χ0) is 18.3. The van der Waals surface area contributed by atoms with Gasteiger partial charge in [0.1, 0.15) is 11.4 Å². The molecule has 1 aliphatic rings. The maximum Gasteiger partial charge on any atom is 0.191 e. The van der Waals surface area contributed by atoms with Gasteiger partial charge >= 0.3 is 0 Å². The Morgan fingerprint density at radius 2 is 2.28 bits per heavy atom. The Balaban J connectivity index is 1.98. The van der Waals surface area contributed by atoms with Gasteiger partial charge in [-0.25, -0.2) is 4.99 Å². The van der Waals surface area contributed by atoms with Gasteiger partial charge in [0.25, 0.3) is 0 Å². The number of rotatable bonds is 7. The van der Waals surface area contributed by atoms with Crippen LogP contribution in [0.4, 0.5) is 0 Å². The molecule has 0 bridgehead atoms. The molecule has 1 saturated carbocycles. The van der Waals surface area contributed by atoms with E-state index in [-0.39, 0.29) is 17.8 Å². The average Bonchev–Trinajstić information content (AvgIpc) is 3.15. The summed E-state index contributed by atoms with van der Waals surface area (Å²) in [6, 6.07) is 3.77. The molecule has 0 saturated heterocycles. The highest BCUT2D eigenvalue weighted by Crippen LogP contribution is 2.23. The van der Waals surface area contributed by atoms with Crippen LogP contribution in [0.15, 0.2) is 27.8 Å². The van der Waals surface area contributed by atoms with Crippen molar-refractivity contribution >= 4 is 16.8 Å². The van der Waals surface area contributed by atoms with Crippen LogP contribution in [-0.4, -0.2) is 45.4 Å². The first-order valence-electron chi connectivity index (χ1n) is 9.14. The molecular weight excluding hydrogens is 338 g/mol. The van der Waals surface area contributed by atoms with Gasteiger partial charge in [-0.15, -0.1) is 0 Å². The van der Waals surface area contributed by atoms with Crippen molar-refractivity contribution in [2.24, 2.45) is 4.99 Å². The molecule has 1 aliphatic carbocycles. The van der Waals surface area contributed by atoms with E-state index in [1.807, 2.05) is 13.8 Å². The molecule has 1 aromatic heterocycles. The minimum absolute atomic E-state index is 0.201. The molecule has 0 spiro atoms. The van der Waals surface area contributed by atoms with Gasteiger partial charge in [0.2, 0.25) is 0 Å². The molecule has 1 heterocycles. The predicted molar refractivity (Wildman–Crippen MR) is 102 cm³/mol. The van der Waals surface area contributed by atoms with Crippen molar-refractivity contribution in [3.63, 3.8) is 0 Å². The quantitative estimate of drug-likeness (QED) is 0.506. The van der Waals surface area contributed by atoms with Crippen LogP contribution in [0.25, 0.3) is 0 Å². The van der Waals surface area contributed by atoms with Crippen LogP contribution in [0.3, 0.4) is 0 Å². The number of aliphatic hydroxyl groups is 1. The van der Waals surface area contributed by atoms with Gasteiger partial charge in [-0.1, -0.05) is 13.3 Å². The summed E-state index contributed by atoms with van der Waals surface area (Å²) < 4.78 is 17.4. The van der Waals surface area contributed by atoms with Crippen LogP contribution in [0.2, 0.25) is 0 Å². The highest BCUT2D eigenvalue weighted by Gasteiger charge is 2.28. The lowest BCUT2D eigenvalue weighted by Crippen LogP contribution is -2.47. The minimum Gasteiger partial charge on any atom is -0.466 e. The maximum absolute atomic E-state index is 12.1. The number of hydrogen-bond acceptors (Lipinski definition) is 4. The Hall–Kier alpha value is -1.34. The van der Waals surface area contributed by atoms with Gasteiger partial charge < -0.3 is 20.2 Å². The van der Waals surface area contributed by atoms with Gasteiger partial charge in [-0.3, -0.25) is 4.21 Å². The molecule has 142 valence electrons. The maximum atomic E-state index is 12.1. The third-order valence-corrected chi connectivity index (χ3v) is 6.31. The molecule has 4 atom stereocenters. The van der Waals surface area contributed by atoms with Crippen molar-refractivity contribution in [3.05, 3.63) is 24.2 Å². The van der Waals surface area contributed by atoms with Crippen LogP contribution in [-0.2, 0) is 16.4 Å². The van der Waals surface area contributed by atoms with Gasteiger partial charge in [-0.05, 0) is 45.2 Å². The SMILES string of the molecule is CCNC(=NCC(C)(O)c1ccco1)NC1CCCC(S(=O)CC)C1. The normalized spacial score (nSPS) is 25.2. The third kappa shape index (κ3) is 5.85. The number of nitrogens with one attached hydrogen (secondary N) is 2. The summed E-state index contributed by atoms with van der Waals surface area (Å²) in [7, 11) is -0.744. The zero-order valence-electron chi connectivity index (χ0n) is 15.5. The van der Waals surface area contributed by atoms with Crippen molar-refractivity contribution in [3.8, 4) is 0 Å². The molecule has 7 heteroatoms. The van der Waals surface area contributed by atoms with Crippen molar-refractivity contribution < 1.29 is 13.7 Å². The fourth-order valence-corrected chi connectivity index (χ4v) is 4.51. The number of hydrogen-bond donors (Lipinski definition) is 3. The Morgan fingerprint density at radius 3 is 2.92 bits per heavy atom. The minimum atomic E-state index is -1.15. The molecular formula is C18H31N3O3S. The molecule has 2 rings (SSSR count). The van der Waals surface area contributed by atoms with Gasteiger partial charge in [-0.2, -0.15) is 0 Å². The summed E-state index contributed by atoms with van der Waals surface area (Å²) >= 11 is 0. The lowest BCUT2D eigenvalue weighted by atomic mass is 9.95. The van der Waals surface area contributed by atoms with E-state index in [1.54, 1.807) is 25.3 Å². The van der Waals surface area contributed by atoms with E-state index < -0.39 is 16.4 Å². The van der Waals surface area contributed by atoms with E-state index >= 15 is 0 Å².